The number of aromatic amines is 1. The largest absolute Gasteiger partial charge is 0.449 e. The molecule has 0 bridgehead atoms. The lowest BCUT2D eigenvalue weighted by molar-refractivity contribution is 0.0661. The Kier molecular flexibility index (Phi) is 4.16. The zero-order valence-electron chi connectivity index (χ0n) is 17.3. The van der Waals surface area contributed by atoms with E-state index in [-0.39, 0.29) is 17.2 Å². The second kappa shape index (κ2) is 6.93. The van der Waals surface area contributed by atoms with Crippen molar-refractivity contribution < 1.29 is 14.0 Å². The predicted octanol–water partition coefficient (Wildman–Crippen LogP) is 2.71. The fourth-order valence-corrected chi connectivity index (χ4v) is 5.43. The molecule has 3 aliphatic rings. The number of carbonyl (C=O) groups is 2. The molecule has 2 amide bonds. The molecule has 1 atom stereocenters. The van der Waals surface area contributed by atoms with Gasteiger partial charge in [-0.3, -0.25) is 19.7 Å². The molecule has 4 heterocycles. The number of nitrogens with zero attached hydrogens (tertiary/aromatic N) is 3. The number of furan rings is 1. The van der Waals surface area contributed by atoms with Crippen molar-refractivity contribution in [3.8, 4) is 0 Å². The second-order valence-electron chi connectivity index (χ2n) is 9.17. The maximum Gasteiger partial charge on any atom is 0.287 e. The Morgan fingerprint density at radius 2 is 2.16 bits per heavy atom. The first kappa shape index (κ1) is 18.6. The average Bonchev–Trinajstić information content (AvgIpc) is 3.22. The quantitative estimate of drug-likeness (QED) is 0.677. The number of aryl methyl sites for hydroxylation is 1. The van der Waals surface area contributed by atoms with Crippen LogP contribution in [0.5, 0.6) is 0 Å². The van der Waals surface area contributed by atoms with Gasteiger partial charge in [0.1, 0.15) is 0 Å². The van der Waals surface area contributed by atoms with Crippen LogP contribution in [-0.2, 0) is 12.8 Å². The van der Waals surface area contributed by atoms with Gasteiger partial charge in [0.2, 0.25) is 0 Å². The first-order chi connectivity index (χ1) is 15.1. The molecule has 2 N–H and O–H groups in total. The van der Waals surface area contributed by atoms with Crippen molar-refractivity contribution in [2.75, 3.05) is 19.6 Å². The van der Waals surface area contributed by atoms with E-state index in [9.17, 15) is 9.59 Å². The van der Waals surface area contributed by atoms with Gasteiger partial charge in [-0.05, 0) is 62.0 Å². The van der Waals surface area contributed by atoms with Gasteiger partial charge in [0, 0.05) is 42.5 Å². The van der Waals surface area contributed by atoms with E-state index < -0.39 is 0 Å². The lowest BCUT2D eigenvalue weighted by Crippen LogP contribution is -2.40. The van der Waals surface area contributed by atoms with E-state index in [0.717, 1.165) is 68.3 Å². The highest BCUT2D eigenvalue weighted by Crippen LogP contribution is 2.59. The second-order valence-corrected chi connectivity index (χ2v) is 9.17. The van der Waals surface area contributed by atoms with Crippen molar-refractivity contribution in [1.29, 1.82) is 0 Å². The molecule has 1 unspecified atom stereocenters. The van der Waals surface area contributed by atoms with Crippen molar-refractivity contribution in [1.82, 2.24) is 25.4 Å². The summed E-state index contributed by atoms with van der Waals surface area (Å²) in [5.41, 5.74) is 3.77. The summed E-state index contributed by atoms with van der Waals surface area (Å²) in [5.74, 6) is 0.677. The number of amides is 2. The molecule has 1 aliphatic heterocycles. The van der Waals surface area contributed by atoms with Crippen LogP contribution in [-0.4, -0.2) is 51.5 Å². The molecule has 6 rings (SSSR count). The molecule has 2 aliphatic carbocycles. The van der Waals surface area contributed by atoms with E-state index in [1.54, 1.807) is 18.5 Å². The summed E-state index contributed by atoms with van der Waals surface area (Å²) in [6.07, 6.45) is 9.44. The minimum absolute atomic E-state index is 0.0686. The standard InChI is InChI=1S/C23H25N5O3/c29-21(18-10-14-4-7-24-13-19(14)31-18)25-12-15-11-23(15)5-8-28(9-6-23)22(30)20-16-2-1-3-17(16)26-27-20/h4,7,10,13,15H,1-3,5-6,8-9,11-12H2,(H,25,29)(H,26,27). The summed E-state index contributed by atoms with van der Waals surface area (Å²) >= 11 is 0. The Labute approximate surface area is 179 Å². The topological polar surface area (TPSA) is 104 Å². The summed E-state index contributed by atoms with van der Waals surface area (Å²) in [4.78, 5) is 31.4. The van der Waals surface area contributed by atoms with Crippen LogP contribution in [0.25, 0.3) is 11.0 Å². The molecule has 0 radical (unpaired) electrons. The number of likely N-dealkylation sites (tertiary alicyclic amines) is 1. The van der Waals surface area contributed by atoms with Gasteiger partial charge in [0.25, 0.3) is 11.8 Å². The Balaban J connectivity index is 1.03. The van der Waals surface area contributed by atoms with E-state index in [4.69, 9.17) is 4.42 Å². The molecule has 1 saturated carbocycles. The number of pyridine rings is 1. The van der Waals surface area contributed by atoms with Crippen LogP contribution in [0.15, 0.2) is 28.9 Å². The number of carbonyl (C=O) groups excluding carboxylic acids is 2. The van der Waals surface area contributed by atoms with Crippen LogP contribution in [0.2, 0.25) is 0 Å². The third kappa shape index (κ3) is 3.12. The number of hydrogen-bond donors (Lipinski definition) is 2. The number of nitrogens with one attached hydrogen (secondary N) is 2. The van der Waals surface area contributed by atoms with Crippen molar-refractivity contribution in [2.24, 2.45) is 11.3 Å². The van der Waals surface area contributed by atoms with Gasteiger partial charge in [-0.25, -0.2) is 0 Å². The van der Waals surface area contributed by atoms with E-state index in [1.165, 1.54) is 0 Å². The van der Waals surface area contributed by atoms with Gasteiger partial charge in [-0.15, -0.1) is 0 Å². The van der Waals surface area contributed by atoms with Crippen molar-refractivity contribution in [3.63, 3.8) is 0 Å². The summed E-state index contributed by atoms with van der Waals surface area (Å²) < 4.78 is 5.60. The number of rotatable bonds is 4. The van der Waals surface area contributed by atoms with E-state index in [0.29, 0.717) is 29.5 Å². The Morgan fingerprint density at radius 1 is 1.29 bits per heavy atom. The van der Waals surface area contributed by atoms with Crippen LogP contribution in [0.3, 0.4) is 0 Å². The van der Waals surface area contributed by atoms with E-state index in [2.05, 4.69) is 20.5 Å². The van der Waals surface area contributed by atoms with Crippen LogP contribution in [0.4, 0.5) is 0 Å². The van der Waals surface area contributed by atoms with Gasteiger partial charge >= 0.3 is 0 Å². The van der Waals surface area contributed by atoms with Gasteiger partial charge in [-0.1, -0.05) is 0 Å². The highest BCUT2D eigenvalue weighted by molar-refractivity contribution is 5.96. The molecule has 2 fully saturated rings. The first-order valence-electron chi connectivity index (χ1n) is 11.1. The molecule has 8 nitrogen and oxygen atoms in total. The minimum Gasteiger partial charge on any atom is -0.449 e. The van der Waals surface area contributed by atoms with Gasteiger partial charge in [0.15, 0.2) is 17.0 Å². The number of fused-ring (bicyclic) bond motifs is 2. The molecule has 3 aromatic rings. The third-order valence-electron chi connectivity index (χ3n) is 7.47. The SMILES string of the molecule is O=C(NCC1CC12CCN(C(=O)c1n[nH]c3c1CCC3)CC2)c1cc2ccncc2o1. The monoisotopic (exact) mass is 419 g/mol. The lowest BCUT2D eigenvalue weighted by Gasteiger charge is -2.32. The van der Waals surface area contributed by atoms with Crippen LogP contribution in [0.1, 0.15) is 58.0 Å². The predicted molar refractivity (Wildman–Crippen MR) is 113 cm³/mol. The molecule has 1 spiro atoms. The van der Waals surface area contributed by atoms with Crippen molar-refractivity contribution >= 4 is 22.8 Å². The summed E-state index contributed by atoms with van der Waals surface area (Å²) in [7, 11) is 0. The summed E-state index contributed by atoms with van der Waals surface area (Å²) in [5, 5.41) is 11.2. The summed E-state index contributed by atoms with van der Waals surface area (Å²) in [6.45, 7) is 2.18. The molecule has 31 heavy (non-hydrogen) atoms. The molecule has 8 heteroatoms. The highest BCUT2D eigenvalue weighted by Gasteiger charge is 2.55. The summed E-state index contributed by atoms with van der Waals surface area (Å²) in [6, 6.07) is 3.59. The molecular formula is C23H25N5O3. The maximum atomic E-state index is 13.0. The van der Waals surface area contributed by atoms with Crippen LogP contribution in [0, 0.1) is 11.3 Å². The maximum absolute atomic E-state index is 13.0. The molecular weight excluding hydrogens is 394 g/mol. The molecule has 160 valence electrons. The van der Waals surface area contributed by atoms with Crippen molar-refractivity contribution in [2.45, 2.75) is 38.5 Å². The fourth-order valence-electron chi connectivity index (χ4n) is 5.43. The Bertz CT molecular complexity index is 1140. The van der Waals surface area contributed by atoms with Gasteiger partial charge in [-0.2, -0.15) is 5.10 Å². The number of H-pyrrole nitrogens is 1. The number of piperidine rings is 1. The normalized spacial score (nSPS) is 21.4. The zero-order valence-corrected chi connectivity index (χ0v) is 17.3. The first-order valence-corrected chi connectivity index (χ1v) is 11.1. The van der Waals surface area contributed by atoms with Crippen LogP contribution >= 0.6 is 0 Å². The fraction of sp³-hybridized carbons (Fsp3) is 0.478. The smallest absolute Gasteiger partial charge is 0.287 e. The molecule has 1 saturated heterocycles. The molecule has 0 aromatic carbocycles. The van der Waals surface area contributed by atoms with Crippen molar-refractivity contribution in [3.05, 3.63) is 47.2 Å². The molecule has 3 aromatic heterocycles. The average molecular weight is 419 g/mol. The van der Waals surface area contributed by atoms with E-state index >= 15 is 0 Å². The highest BCUT2D eigenvalue weighted by atomic mass is 16.3. The van der Waals surface area contributed by atoms with Gasteiger partial charge < -0.3 is 14.6 Å². The Morgan fingerprint density at radius 3 is 3.00 bits per heavy atom. The van der Waals surface area contributed by atoms with E-state index in [1.807, 2.05) is 11.0 Å². The minimum atomic E-state index is -0.182. The Hall–Kier alpha value is -3.16. The van der Waals surface area contributed by atoms with Crippen LogP contribution < -0.4 is 5.32 Å². The third-order valence-corrected chi connectivity index (χ3v) is 7.47. The number of hydrogen-bond acceptors (Lipinski definition) is 5. The number of aromatic nitrogens is 3. The van der Waals surface area contributed by atoms with Gasteiger partial charge in [0.05, 0.1) is 6.20 Å². The zero-order chi connectivity index (χ0) is 21.0. The lowest BCUT2D eigenvalue weighted by atomic mass is 9.90.